The normalized spacial score (nSPS) is 18.6. The van der Waals surface area contributed by atoms with Gasteiger partial charge in [0.25, 0.3) is 0 Å². The average molecular weight is 278 g/mol. The van der Waals surface area contributed by atoms with E-state index in [0.29, 0.717) is 0 Å². The van der Waals surface area contributed by atoms with Gasteiger partial charge >= 0.3 is 0 Å². The predicted octanol–water partition coefficient (Wildman–Crippen LogP) is 5.80. The topological polar surface area (TPSA) is 0 Å². The summed E-state index contributed by atoms with van der Waals surface area (Å²) in [4.78, 5) is 0. The largest absolute Gasteiger partial charge is 0.0625 e. The molecular formula is C21H26. The number of benzene rings is 2. The molecule has 21 heavy (non-hydrogen) atoms. The van der Waals surface area contributed by atoms with Crippen LogP contribution >= 0.6 is 0 Å². The molecule has 0 radical (unpaired) electrons. The minimum absolute atomic E-state index is 0.227. The first-order chi connectivity index (χ1) is 10.1. The van der Waals surface area contributed by atoms with Crippen LogP contribution in [0.15, 0.2) is 48.5 Å². The third-order valence-electron chi connectivity index (χ3n) is 5.27. The molecule has 0 saturated heterocycles. The number of hydrogen-bond acceptors (Lipinski definition) is 0. The molecule has 0 unspecified atom stereocenters. The van der Waals surface area contributed by atoms with E-state index in [9.17, 15) is 0 Å². The molecule has 0 N–H and O–H groups in total. The van der Waals surface area contributed by atoms with Gasteiger partial charge in [-0.05, 0) is 56.6 Å². The van der Waals surface area contributed by atoms with Gasteiger partial charge in [-0.25, -0.2) is 0 Å². The maximum Gasteiger partial charge on any atom is 0.0203 e. The Morgan fingerprint density at radius 1 is 0.810 bits per heavy atom. The van der Waals surface area contributed by atoms with Crippen LogP contribution in [0.3, 0.4) is 0 Å². The molecule has 0 aliphatic heterocycles. The van der Waals surface area contributed by atoms with E-state index in [-0.39, 0.29) is 5.41 Å². The molecule has 110 valence electrons. The quantitative estimate of drug-likeness (QED) is 0.651. The van der Waals surface area contributed by atoms with Crippen molar-refractivity contribution in [2.75, 3.05) is 0 Å². The number of hydrogen-bond donors (Lipinski definition) is 0. The molecule has 1 fully saturated rings. The minimum atomic E-state index is 0.227. The highest BCUT2D eigenvalue weighted by atomic mass is 14.4. The van der Waals surface area contributed by atoms with E-state index in [4.69, 9.17) is 0 Å². The summed E-state index contributed by atoms with van der Waals surface area (Å²) in [5, 5.41) is 0. The lowest BCUT2D eigenvalue weighted by molar-refractivity contribution is 0.280. The van der Waals surface area contributed by atoms with Crippen molar-refractivity contribution in [1.29, 1.82) is 0 Å². The smallest absolute Gasteiger partial charge is 0.0203 e. The zero-order chi connectivity index (χ0) is 14.9. The third kappa shape index (κ3) is 2.77. The van der Waals surface area contributed by atoms with E-state index in [0.717, 1.165) is 5.92 Å². The van der Waals surface area contributed by atoms with E-state index in [1.807, 2.05) is 0 Å². The van der Waals surface area contributed by atoms with Gasteiger partial charge < -0.3 is 0 Å². The van der Waals surface area contributed by atoms with Gasteiger partial charge in [-0.3, -0.25) is 0 Å². The van der Waals surface area contributed by atoms with E-state index >= 15 is 0 Å². The van der Waals surface area contributed by atoms with Crippen molar-refractivity contribution in [2.24, 2.45) is 5.92 Å². The molecule has 2 aromatic rings. The molecule has 0 atom stereocenters. The van der Waals surface area contributed by atoms with Crippen molar-refractivity contribution >= 4 is 0 Å². The Balaban J connectivity index is 2.11. The highest BCUT2D eigenvalue weighted by Gasteiger charge is 2.37. The molecule has 0 heteroatoms. The number of aryl methyl sites for hydroxylation is 2. The molecule has 3 rings (SSSR count). The summed E-state index contributed by atoms with van der Waals surface area (Å²) in [7, 11) is 0. The van der Waals surface area contributed by atoms with Crippen molar-refractivity contribution in [3.63, 3.8) is 0 Å². The fraction of sp³-hybridized carbons (Fsp3) is 0.429. The minimum Gasteiger partial charge on any atom is -0.0625 e. The lowest BCUT2D eigenvalue weighted by atomic mass is 9.63. The van der Waals surface area contributed by atoms with Crippen LogP contribution in [0.25, 0.3) is 0 Å². The highest BCUT2D eigenvalue weighted by molar-refractivity contribution is 5.42. The van der Waals surface area contributed by atoms with Crippen molar-refractivity contribution in [3.05, 3.63) is 70.8 Å². The maximum absolute atomic E-state index is 2.40. The molecule has 0 nitrogen and oxygen atoms in total. The maximum atomic E-state index is 2.40. The lowest BCUT2D eigenvalue weighted by Gasteiger charge is -2.41. The molecule has 0 heterocycles. The van der Waals surface area contributed by atoms with Crippen LogP contribution in [0, 0.1) is 19.8 Å². The summed E-state index contributed by atoms with van der Waals surface area (Å²) >= 11 is 0. The van der Waals surface area contributed by atoms with E-state index in [1.54, 1.807) is 0 Å². The van der Waals surface area contributed by atoms with Crippen LogP contribution in [-0.4, -0.2) is 0 Å². The van der Waals surface area contributed by atoms with Crippen molar-refractivity contribution in [1.82, 2.24) is 0 Å². The molecule has 0 spiro atoms. The lowest BCUT2D eigenvalue weighted by Crippen LogP contribution is -2.32. The Kier molecular flexibility index (Phi) is 3.89. The zero-order valence-corrected chi connectivity index (χ0v) is 13.5. The van der Waals surface area contributed by atoms with Gasteiger partial charge in [0.05, 0.1) is 0 Å². The first-order valence-corrected chi connectivity index (χ1v) is 8.24. The zero-order valence-electron chi connectivity index (χ0n) is 13.5. The predicted molar refractivity (Wildman–Crippen MR) is 90.8 cm³/mol. The first kappa shape index (κ1) is 14.4. The average Bonchev–Trinajstić information content (AvgIpc) is 2.48. The number of rotatable bonds is 2. The van der Waals surface area contributed by atoms with Crippen LogP contribution in [0.2, 0.25) is 0 Å². The summed E-state index contributed by atoms with van der Waals surface area (Å²) < 4.78 is 0. The van der Waals surface area contributed by atoms with Crippen LogP contribution in [-0.2, 0) is 5.41 Å². The molecule has 1 aliphatic rings. The highest BCUT2D eigenvalue weighted by Crippen LogP contribution is 2.46. The molecule has 0 aromatic heterocycles. The van der Waals surface area contributed by atoms with Crippen LogP contribution in [0.1, 0.15) is 54.9 Å². The summed E-state index contributed by atoms with van der Waals surface area (Å²) in [6.45, 7) is 6.81. The Hall–Kier alpha value is -1.56. The standard InChI is InChI=1S/C21H26/c1-16-10-12-21(13-11-16,19-8-4-6-17(2)14-19)20-9-5-7-18(3)15-20/h4-9,14-16H,10-13H2,1-3H3. The fourth-order valence-corrected chi connectivity index (χ4v) is 3.88. The van der Waals surface area contributed by atoms with Crippen LogP contribution < -0.4 is 0 Å². The Bertz CT molecular complexity index is 568. The van der Waals surface area contributed by atoms with Gasteiger partial charge in [-0.2, -0.15) is 0 Å². The van der Waals surface area contributed by atoms with Gasteiger partial charge in [0.15, 0.2) is 0 Å². The van der Waals surface area contributed by atoms with Gasteiger partial charge in [-0.1, -0.05) is 66.6 Å². The summed E-state index contributed by atoms with van der Waals surface area (Å²) in [5.74, 6) is 0.868. The van der Waals surface area contributed by atoms with Crippen LogP contribution in [0.5, 0.6) is 0 Å². The van der Waals surface area contributed by atoms with Crippen molar-refractivity contribution in [3.8, 4) is 0 Å². The first-order valence-electron chi connectivity index (χ1n) is 8.24. The van der Waals surface area contributed by atoms with E-state index < -0.39 is 0 Å². The molecule has 2 aromatic carbocycles. The van der Waals surface area contributed by atoms with E-state index in [1.165, 1.54) is 47.9 Å². The summed E-state index contributed by atoms with van der Waals surface area (Å²) in [6.07, 6.45) is 5.23. The fourth-order valence-electron chi connectivity index (χ4n) is 3.88. The van der Waals surface area contributed by atoms with Crippen molar-refractivity contribution < 1.29 is 0 Å². The second kappa shape index (κ2) is 5.67. The van der Waals surface area contributed by atoms with E-state index in [2.05, 4.69) is 69.3 Å². The molecule has 0 amide bonds. The third-order valence-corrected chi connectivity index (χ3v) is 5.27. The van der Waals surface area contributed by atoms with Gasteiger partial charge in [0.1, 0.15) is 0 Å². The monoisotopic (exact) mass is 278 g/mol. The second-order valence-corrected chi connectivity index (χ2v) is 7.00. The summed E-state index contributed by atoms with van der Waals surface area (Å²) in [6, 6.07) is 18.3. The Labute approximate surface area is 129 Å². The SMILES string of the molecule is Cc1cccc(C2(c3cccc(C)c3)CCC(C)CC2)c1. The van der Waals surface area contributed by atoms with Gasteiger partial charge in [0.2, 0.25) is 0 Å². The molecule has 0 bridgehead atoms. The molecule has 1 saturated carbocycles. The molecule has 1 aliphatic carbocycles. The van der Waals surface area contributed by atoms with Crippen LogP contribution in [0.4, 0.5) is 0 Å². The summed E-state index contributed by atoms with van der Waals surface area (Å²) in [5.41, 5.74) is 6.00. The Morgan fingerprint density at radius 3 is 1.71 bits per heavy atom. The molecular weight excluding hydrogens is 252 g/mol. The second-order valence-electron chi connectivity index (χ2n) is 7.00. The Morgan fingerprint density at radius 2 is 1.29 bits per heavy atom. The van der Waals surface area contributed by atoms with Gasteiger partial charge in [0, 0.05) is 5.41 Å². The van der Waals surface area contributed by atoms with Gasteiger partial charge in [-0.15, -0.1) is 0 Å². The van der Waals surface area contributed by atoms with Crippen molar-refractivity contribution in [2.45, 2.75) is 51.9 Å².